The highest BCUT2D eigenvalue weighted by atomic mass is 32.1. The number of carbonyl (C=O) groups excluding carboxylic acids is 1. The summed E-state index contributed by atoms with van der Waals surface area (Å²) in [6.45, 7) is 3.81. The van der Waals surface area contributed by atoms with E-state index in [0.717, 1.165) is 10.4 Å². The minimum atomic E-state index is -0.493. The lowest BCUT2D eigenvalue weighted by Gasteiger charge is -2.04. The maximum absolute atomic E-state index is 12.6. The molecule has 0 saturated heterocycles. The number of anilines is 1. The second kappa shape index (κ2) is 6.11. The molecule has 108 valence electrons. The number of rotatable bonds is 5. The number of aryl methyl sites for hydroxylation is 1. The fourth-order valence-electron chi connectivity index (χ4n) is 1.93. The smallest absolute Gasteiger partial charge is 0.269 e. The third-order valence-electron chi connectivity index (χ3n) is 3.14. The SMILES string of the molecule is Cc1sc(NC=S)c(C(=O)c2ccc([N+](=O)[O-])cc2)c1C. The number of ketones is 1. The van der Waals surface area contributed by atoms with Gasteiger partial charge in [-0.25, -0.2) is 0 Å². The monoisotopic (exact) mass is 320 g/mol. The molecular weight excluding hydrogens is 308 g/mol. The number of benzene rings is 1. The number of thiophene rings is 1. The zero-order valence-corrected chi connectivity index (χ0v) is 13.0. The predicted octanol–water partition coefficient (Wildman–Crippen LogP) is 3.87. The largest absolute Gasteiger partial charge is 0.344 e. The van der Waals surface area contributed by atoms with E-state index in [4.69, 9.17) is 12.2 Å². The van der Waals surface area contributed by atoms with Crippen LogP contribution in [0.1, 0.15) is 26.4 Å². The molecule has 0 unspecified atom stereocenters. The molecule has 1 heterocycles. The van der Waals surface area contributed by atoms with E-state index in [9.17, 15) is 14.9 Å². The Labute approximate surface area is 130 Å². The molecule has 0 fully saturated rings. The molecule has 0 spiro atoms. The molecule has 5 nitrogen and oxygen atoms in total. The van der Waals surface area contributed by atoms with Crippen LogP contribution in [0, 0.1) is 24.0 Å². The normalized spacial score (nSPS) is 10.2. The van der Waals surface area contributed by atoms with Crippen LogP contribution in [0.4, 0.5) is 10.7 Å². The van der Waals surface area contributed by atoms with Crippen molar-refractivity contribution < 1.29 is 9.72 Å². The van der Waals surface area contributed by atoms with E-state index in [-0.39, 0.29) is 11.5 Å². The van der Waals surface area contributed by atoms with Gasteiger partial charge in [-0.2, -0.15) is 0 Å². The van der Waals surface area contributed by atoms with Gasteiger partial charge in [0.25, 0.3) is 5.69 Å². The number of non-ortho nitro benzene ring substituents is 1. The first-order chi connectivity index (χ1) is 9.95. The summed E-state index contributed by atoms with van der Waals surface area (Å²) in [7, 11) is 0. The van der Waals surface area contributed by atoms with E-state index in [1.807, 2.05) is 13.8 Å². The Kier molecular flexibility index (Phi) is 4.44. The minimum Gasteiger partial charge on any atom is -0.344 e. The second-order valence-corrected chi connectivity index (χ2v) is 5.84. The Morgan fingerprint density at radius 3 is 2.48 bits per heavy atom. The van der Waals surface area contributed by atoms with E-state index in [1.165, 1.54) is 41.1 Å². The van der Waals surface area contributed by atoms with E-state index in [1.54, 1.807) is 0 Å². The van der Waals surface area contributed by atoms with Gasteiger partial charge in [-0.05, 0) is 31.5 Å². The van der Waals surface area contributed by atoms with Gasteiger partial charge in [0.2, 0.25) is 0 Å². The van der Waals surface area contributed by atoms with Crippen LogP contribution in [0.25, 0.3) is 0 Å². The average molecular weight is 320 g/mol. The standard InChI is InChI=1S/C14H12N2O3S2/c1-8-9(2)21-14(15-7-20)12(8)13(17)10-3-5-11(6-4-10)16(18)19/h3-7H,1-2H3,(H,15,20). The summed E-state index contributed by atoms with van der Waals surface area (Å²) in [4.78, 5) is 23.8. The highest BCUT2D eigenvalue weighted by Gasteiger charge is 2.21. The number of nitrogens with zero attached hydrogens (tertiary/aromatic N) is 1. The fourth-order valence-corrected chi connectivity index (χ4v) is 3.15. The van der Waals surface area contributed by atoms with E-state index in [0.29, 0.717) is 16.1 Å². The van der Waals surface area contributed by atoms with Crippen LogP contribution < -0.4 is 5.32 Å². The minimum absolute atomic E-state index is 0.0398. The van der Waals surface area contributed by atoms with E-state index < -0.39 is 4.92 Å². The second-order valence-electron chi connectivity index (χ2n) is 4.38. The zero-order chi connectivity index (χ0) is 15.6. The number of hydrogen-bond acceptors (Lipinski definition) is 5. The average Bonchev–Trinajstić information content (AvgIpc) is 2.74. The number of thiocarbonyl (C=S) groups is 1. The van der Waals surface area contributed by atoms with Gasteiger partial charge in [-0.1, -0.05) is 12.2 Å². The number of nitro groups is 1. The zero-order valence-electron chi connectivity index (χ0n) is 11.4. The van der Waals surface area contributed by atoms with E-state index >= 15 is 0 Å². The van der Waals surface area contributed by atoms with Crippen molar-refractivity contribution in [2.75, 3.05) is 5.32 Å². The van der Waals surface area contributed by atoms with Crippen LogP contribution >= 0.6 is 23.6 Å². The fraction of sp³-hybridized carbons (Fsp3) is 0.143. The summed E-state index contributed by atoms with van der Waals surface area (Å²) in [6, 6.07) is 5.59. The van der Waals surface area contributed by atoms with Crippen molar-refractivity contribution >= 4 is 45.5 Å². The molecule has 7 heteroatoms. The van der Waals surface area contributed by atoms with Crippen molar-refractivity contribution in [2.45, 2.75) is 13.8 Å². The van der Waals surface area contributed by atoms with Crippen molar-refractivity contribution in [1.29, 1.82) is 0 Å². The molecule has 0 bridgehead atoms. The number of nitrogens with one attached hydrogen (secondary N) is 1. The predicted molar refractivity (Wildman–Crippen MR) is 87.6 cm³/mol. The molecule has 1 aromatic carbocycles. The van der Waals surface area contributed by atoms with Gasteiger partial charge in [0, 0.05) is 22.6 Å². The first-order valence-electron chi connectivity index (χ1n) is 6.05. The van der Waals surface area contributed by atoms with Crippen LogP contribution in [0.5, 0.6) is 0 Å². The number of nitro benzene ring substituents is 1. The first kappa shape index (κ1) is 15.3. The molecule has 2 rings (SSSR count). The Morgan fingerprint density at radius 1 is 1.33 bits per heavy atom. The molecule has 1 N–H and O–H groups in total. The summed E-state index contributed by atoms with van der Waals surface area (Å²) in [5.41, 5.74) is 3.18. The molecule has 2 aromatic rings. The highest BCUT2D eigenvalue weighted by Crippen LogP contribution is 2.34. The number of carbonyl (C=O) groups is 1. The maximum atomic E-state index is 12.6. The van der Waals surface area contributed by atoms with Gasteiger partial charge in [0.1, 0.15) is 5.00 Å². The third kappa shape index (κ3) is 2.98. The summed E-state index contributed by atoms with van der Waals surface area (Å²) in [5.74, 6) is -0.175. The Bertz CT molecular complexity index is 721. The van der Waals surface area contributed by atoms with Gasteiger partial charge in [-0.15, -0.1) is 11.3 Å². The van der Waals surface area contributed by atoms with Gasteiger partial charge in [-0.3, -0.25) is 14.9 Å². The van der Waals surface area contributed by atoms with Gasteiger partial charge in [0.15, 0.2) is 5.78 Å². The molecule has 0 radical (unpaired) electrons. The highest BCUT2D eigenvalue weighted by molar-refractivity contribution is 7.79. The Morgan fingerprint density at radius 2 is 1.95 bits per heavy atom. The van der Waals surface area contributed by atoms with Crippen molar-refractivity contribution in [1.82, 2.24) is 0 Å². The van der Waals surface area contributed by atoms with Crippen LogP contribution in [0.15, 0.2) is 24.3 Å². The lowest BCUT2D eigenvalue weighted by molar-refractivity contribution is -0.384. The molecule has 21 heavy (non-hydrogen) atoms. The molecule has 1 aromatic heterocycles. The van der Waals surface area contributed by atoms with Crippen LogP contribution in [0.2, 0.25) is 0 Å². The molecule has 0 amide bonds. The summed E-state index contributed by atoms with van der Waals surface area (Å²) >= 11 is 6.24. The van der Waals surface area contributed by atoms with Gasteiger partial charge in [0.05, 0.1) is 16.0 Å². The van der Waals surface area contributed by atoms with Crippen molar-refractivity contribution in [3.63, 3.8) is 0 Å². The van der Waals surface area contributed by atoms with Gasteiger partial charge < -0.3 is 5.32 Å². The maximum Gasteiger partial charge on any atom is 0.269 e. The quantitative estimate of drug-likeness (QED) is 0.392. The molecule has 0 atom stereocenters. The van der Waals surface area contributed by atoms with Gasteiger partial charge >= 0.3 is 0 Å². The van der Waals surface area contributed by atoms with Crippen LogP contribution in [-0.4, -0.2) is 16.2 Å². The third-order valence-corrected chi connectivity index (χ3v) is 4.40. The molecule has 0 aliphatic heterocycles. The summed E-state index contributed by atoms with van der Waals surface area (Å²) in [5, 5.41) is 14.2. The Balaban J connectivity index is 2.44. The number of hydrogen-bond donors (Lipinski definition) is 1. The Hall–Kier alpha value is -2.12. The summed E-state index contributed by atoms with van der Waals surface area (Å²) in [6.07, 6.45) is 0. The van der Waals surface area contributed by atoms with Crippen molar-refractivity contribution in [2.24, 2.45) is 0 Å². The van der Waals surface area contributed by atoms with Crippen LogP contribution in [0.3, 0.4) is 0 Å². The van der Waals surface area contributed by atoms with Crippen molar-refractivity contribution in [3.05, 3.63) is 55.9 Å². The molecule has 0 aliphatic rings. The lowest BCUT2D eigenvalue weighted by atomic mass is 10.0. The molecule has 0 saturated carbocycles. The molecule has 0 aliphatic carbocycles. The van der Waals surface area contributed by atoms with Crippen LogP contribution in [-0.2, 0) is 0 Å². The topological polar surface area (TPSA) is 72.2 Å². The summed E-state index contributed by atoms with van der Waals surface area (Å²) < 4.78 is 0. The lowest BCUT2D eigenvalue weighted by Crippen LogP contribution is -2.05. The first-order valence-corrected chi connectivity index (χ1v) is 7.33. The van der Waals surface area contributed by atoms with Crippen molar-refractivity contribution in [3.8, 4) is 0 Å². The van der Waals surface area contributed by atoms with E-state index in [2.05, 4.69) is 5.32 Å². The molecular formula is C14H12N2O3S2.